The summed E-state index contributed by atoms with van der Waals surface area (Å²) < 4.78 is 1.59. The summed E-state index contributed by atoms with van der Waals surface area (Å²) in [5.41, 5.74) is 9.25. The number of pyridine rings is 1. The Labute approximate surface area is 195 Å². The first-order chi connectivity index (χ1) is 15.9. The summed E-state index contributed by atoms with van der Waals surface area (Å²) in [7, 11) is 1.75. The fourth-order valence-electron chi connectivity index (χ4n) is 4.50. The van der Waals surface area contributed by atoms with Crippen LogP contribution in [0.1, 0.15) is 35.7 Å². The van der Waals surface area contributed by atoms with Crippen LogP contribution >= 0.6 is 0 Å². The van der Waals surface area contributed by atoms with E-state index in [9.17, 15) is 9.59 Å². The Hall–Kier alpha value is -3.10. The highest BCUT2D eigenvalue weighted by atomic mass is 16.2. The molecule has 1 amide bonds. The number of carbonyl (C=O) groups is 1. The minimum Gasteiger partial charge on any atom is -0.356 e. The molecule has 1 unspecified atom stereocenters. The van der Waals surface area contributed by atoms with Crippen molar-refractivity contribution in [2.75, 3.05) is 26.2 Å². The number of rotatable bonds is 7. The lowest BCUT2D eigenvalue weighted by Crippen LogP contribution is -2.43. The fourth-order valence-corrected chi connectivity index (χ4v) is 4.50. The second kappa shape index (κ2) is 10.2. The van der Waals surface area contributed by atoms with Gasteiger partial charge in [0.25, 0.3) is 11.5 Å². The number of carbonyl (C=O) groups excluding carboxylic acids is 1. The van der Waals surface area contributed by atoms with Crippen LogP contribution in [0.4, 0.5) is 0 Å². The van der Waals surface area contributed by atoms with Gasteiger partial charge in [0.1, 0.15) is 11.9 Å². The third-order valence-corrected chi connectivity index (χ3v) is 6.42. The first kappa shape index (κ1) is 23.1. The lowest BCUT2D eigenvalue weighted by Gasteiger charge is -2.29. The molecule has 3 heterocycles. The Morgan fingerprint density at radius 1 is 1.21 bits per heavy atom. The van der Waals surface area contributed by atoms with Crippen molar-refractivity contribution in [3.8, 4) is 0 Å². The van der Waals surface area contributed by atoms with E-state index in [-0.39, 0.29) is 17.6 Å². The van der Waals surface area contributed by atoms with Crippen LogP contribution in [-0.4, -0.2) is 52.5 Å². The highest BCUT2D eigenvalue weighted by molar-refractivity contribution is 5.93. The number of nitrogens with zero attached hydrogens (tertiary/aromatic N) is 3. The van der Waals surface area contributed by atoms with Crippen molar-refractivity contribution in [3.05, 3.63) is 81.5 Å². The summed E-state index contributed by atoms with van der Waals surface area (Å²) in [6.07, 6.45) is 5.50. The van der Waals surface area contributed by atoms with Crippen molar-refractivity contribution in [3.63, 3.8) is 0 Å². The maximum atomic E-state index is 12.9. The van der Waals surface area contributed by atoms with Crippen LogP contribution in [0.15, 0.2) is 59.3 Å². The number of likely N-dealkylation sites (tertiary alicyclic amines) is 1. The zero-order valence-electron chi connectivity index (χ0n) is 19.5. The van der Waals surface area contributed by atoms with Gasteiger partial charge in [0.2, 0.25) is 0 Å². The number of nitrogens with two attached hydrogens (primary N) is 1. The molecule has 1 aromatic carbocycles. The molecule has 0 aliphatic carbocycles. The average Bonchev–Trinajstić information content (AvgIpc) is 3.23. The van der Waals surface area contributed by atoms with Crippen LogP contribution in [-0.2, 0) is 18.4 Å². The number of aryl methyl sites for hydroxylation is 2. The monoisotopic (exact) mass is 450 g/mol. The number of benzene rings is 1. The number of hydrogen-bond acceptors (Lipinski definition) is 6. The maximum Gasteiger partial charge on any atom is 0.268 e. The predicted molar refractivity (Wildman–Crippen MR) is 129 cm³/mol. The first-order valence-electron chi connectivity index (χ1n) is 11.6. The summed E-state index contributed by atoms with van der Waals surface area (Å²) in [4.78, 5) is 29.6. The van der Waals surface area contributed by atoms with E-state index < -0.39 is 0 Å². The summed E-state index contributed by atoms with van der Waals surface area (Å²) in [5, 5.41) is 6.42. The molecule has 4 rings (SSSR count). The van der Waals surface area contributed by atoms with Gasteiger partial charge in [-0.2, -0.15) is 0 Å². The van der Waals surface area contributed by atoms with Crippen molar-refractivity contribution in [2.45, 2.75) is 38.5 Å². The second-order valence-corrected chi connectivity index (χ2v) is 9.06. The maximum absolute atomic E-state index is 12.9. The Morgan fingerprint density at radius 3 is 2.64 bits per heavy atom. The topological polar surface area (TPSA) is 95.6 Å². The van der Waals surface area contributed by atoms with Crippen molar-refractivity contribution in [1.82, 2.24) is 25.0 Å². The van der Waals surface area contributed by atoms with Gasteiger partial charge in [-0.3, -0.25) is 9.59 Å². The largest absolute Gasteiger partial charge is 0.356 e. The fraction of sp³-hybridized carbons (Fsp3) is 0.440. The van der Waals surface area contributed by atoms with E-state index >= 15 is 0 Å². The molecular formula is C25H34N6O2. The van der Waals surface area contributed by atoms with Crippen LogP contribution < -0.4 is 21.9 Å². The lowest BCUT2D eigenvalue weighted by molar-refractivity contribution is -0.117. The van der Waals surface area contributed by atoms with Gasteiger partial charge in [0, 0.05) is 56.2 Å². The molecule has 8 heteroatoms. The molecule has 0 radical (unpaired) electrons. The Bertz CT molecular complexity index is 1030. The highest BCUT2D eigenvalue weighted by Gasteiger charge is 2.29. The quantitative estimate of drug-likeness (QED) is 0.586. The van der Waals surface area contributed by atoms with E-state index in [1.807, 2.05) is 43.6 Å². The number of amides is 1. The molecule has 1 aromatic heterocycles. The second-order valence-electron chi connectivity index (χ2n) is 9.06. The van der Waals surface area contributed by atoms with Crippen LogP contribution in [0.5, 0.6) is 0 Å². The van der Waals surface area contributed by atoms with Crippen LogP contribution in [0.25, 0.3) is 0 Å². The van der Waals surface area contributed by atoms with Gasteiger partial charge in [0.05, 0.1) is 0 Å². The SMILES string of the molecule is Cc1cc(C2NC(C(=O)NCCN3CCC(N)CC3)=CN2Cc2ccccc2)cn(C)c1=O. The van der Waals surface area contributed by atoms with Crippen LogP contribution in [0.2, 0.25) is 0 Å². The van der Waals surface area contributed by atoms with Gasteiger partial charge in [-0.25, -0.2) is 0 Å². The van der Waals surface area contributed by atoms with E-state index in [2.05, 4.69) is 32.6 Å². The third-order valence-electron chi connectivity index (χ3n) is 6.42. The molecular weight excluding hydrogens is 416 g/mol. The van der Waals surface area contributed by atoms with Gasteiger partial charge < -0.3 is 30.7 Å². The van der Waals surface area contributed by atoms with Crippen molar-refractivity contribution < 1.29 is 4.79 Å². The minimum atomic E-state index is -0.236. The summed E-state index contributed by atoms with van der Waals surface area (Å²) in [6.45, 7) is 5.84. The van der Waals surface area contributed by atoms with Crippen molar-refractivity contribution in [2.24, 2.45) is 12.8 Å². The molecule has 1 atom stereocenters. The molecule has 1 saturated heterocycles. The normalized spacial score (nSPS) is 19.3. The van der Waals surface area contributed by atoms with E-state index in [1.165, 1.54) is 0 Å². The summed E-state index contributed by atoms with van der Waals surface area (Å²) in [5.74, 6) is -0.120. The van der Waals surface area contributed by atoms with E-state index in [1.54, 1.807) is 11.6 Å². The number of hydrogen-bond donors (Lipinski definition) is 3. The van der Waals surface area contributed by atoms with Gasteiger partial charge in [-0.15, -0.1) is 0 Å². The average molecular weight is 451 g/mol. The van der Waals surface area contributed by atoms with Gasteiger partial charge in [-0.05, 0) is 44.5 Å². The molecule has 2 aromatic rings. The molecule has 176 valence electrons. The molecule has 0 bridgehead atoms. The molecule has 0 spiro atoms. The van der Waals surface area contributed by atoms with Crippen LogP contribution in [0.3, 0.4) is 0 Å². The number of nitrogens with one attached hydrogen (secondary N) is 2. The molecule has 33 heavy (non-hydrogen) atoms. The Kier molecular flexibility index (Phi) is 7.15. The van der Waals surface area contributed by atoms with Gasteiger partial charge in [0.15, 0.2) is 0 Å². The van der Waals surface area contributed by atoms with Crippen LogP contribution in [0, 0.1) is 6.92 Å². The predicted octanol–water partition coefficient (Wildman–Crippen LogP) is 1.18. The molecule has 2 aliphatic rings. The zero-order valence-corrected chi connectivity index (χ0v) is 19.5. The molecule has 8 nitrogen and oxygen atoms in total. The summed E-state index contributed by atoms with van der Waals surface area (Å²) >= 11 is 0. The lowest BCUT2D eigenvalue weighted by atomic mass is 10.1. The Balaban J connectivity index is 1.45. The third kappa shape index (κ3) is 5.64. The van der Waals surface area contributed by atoms with E-state index in [0.717, 1.165) is 43.6 Å². The molecule has 0 saturated carbocycles. The Morgan fingerprint density at radius 2 is 1.94 bits per heavy atom. The van der Waals surface area contributed by atoms with Gasteiger partial charge in [-0.1, -0.05) is 30.3 Å². The molecule has 4 N–H and O–H groups in total. The minimum absolute atomic E-state index is 0.0176. The standard InChI is InChI=1S/C25H34N6O2/c1-18-14-20(16-29(2)25(18)33)23-28-22(17-31(23)15-19-6-4-3-5-7-19)24(32)27-10-13-30-11-8-21(26)9-12-30/h3-7,14,16-17,21,23,28H,8-13,15,26H2,1-2H3,(H,27,32). The van der Waals surface area contributed by atoms with Gasteiger partial charge >= 0.3 is 0 Å². The highest BCUT2D eigenvalue weighted by Crippen LogP contribution is 2.27. The molecule has 2 aliphatic heterocycles. The number of piperidine rings is 1. The first-order valence-corrected chi connectivity index (χ1v) is 11.6. The van der Waals surface area contributed by atoms with Crippen molar-refractivity contribution >= 4 is 5.91 Å². The molecule has 1 fully saturated rings. The smallest absolute Gasteiger partial charge is 0.268 e. The summed E-state index contributed by atoms with van der Waals surface area (Å²) in [6, 6.07) is 12.3. The van der Waals surface area contributed by atoms with Crippen molar-refractivity contribution in [1.29, 1.82) is 0 Å². The number of aromatic nitrogens is 1. The van der Waals surface area contributed by atoms with E-state index in [0.29, 0.717) is 30.4 Å². The zero-order chi connectivity index (χ0) is 23.4. The van der Waals surface area contributed by atoms with E-state index in [4.69, 9.17) is 5.73 Å².